The average Bonchev–Trinajstić information content (AvgIpc) is 2.76. The van der Waals surface area contributed by atoms with Crippen LogP contribution in [0.25, 0.3) is 0 Å². The molecule has 0 aliphatic heterocycles. The van der Waals surface area contributed by atoms with Crippen molar-refractivity contribution in [2.45, 2.75) is 40.3 Å². The second-order valence-electron chi connectivity index (χ2n) is 6.09. The third-order valence-corrected chi connectivity index (χ3v) is 3.88. The molecule has 2 rings (SSSR count). The third kappa shape index (κ3) is 4.10. The van der Waals surface area contributed by atoms with Crippen molar-refractivity contribution in [1.29, 1.82) is 0 Å². The van der Waals surface area contributed by atoms with E-state index < -0.39 is 0 Å². The Hall–Kier alpha value is -1.81. The normalized spacial score (nSPS) is 11.4. The number of aromatic nitrogens is 2. The summed E-state index contributed by atoms with van der Waals surface area (Å²) in [7, 11) is 2.12. The van der Waals surface area contributed by atoms with Gasteiger partial charge >= 0.3 is 0 Å². The van der Waals surface area contributed by atoms with Gasteiger partial charge in [0.1, 0.15) is 12.4 Å². The zero-order valence-corrected chi connectivity index (χ0v) is 14.3. The Balaban J connectivity index is 1.88. The second-order valence-corrected chi connectivity index (χ2v) is 6.09. The van der Waals surface area contributed by atoms with Crippen LogP contribution in [0, 0.1) is 13.8 Å². The molecular formula is C18H27N3O. The summed E-state index contributed by atoms with van der Waals surface area (Å²) >= 11 is 0. The summed E-state index contributed by atoms with van der Waals surface area (Å²) in [4.78, 5) is 2.28. The molecule has 1 aromatic carbocycles. The van der Waals surface area contributed by atoms with Gasteiger partial charge in [0.05, 0.1) is 5.69 Å². The number of nitrogens with zero attached hydrogens (tertiary/aromatic N) is 3. The van der Waals surface area contributed by atoms with E-state index in [0.29, 0.717) is 12.6 Å². The molecule has 1 aromatic heterocycles. The van der Waals surface area contributed by atoms with Gasteiger partial charge in [-0.05, 0) is 46.9 Å². The Morgan fingerprint density at radius 3 is 2.45 bits per heavy atom. The number of ether oxygens (including phenoxy) is 1. The van der Waals surface area contributed by atoms with Crippen molar-refractivity contribution in [2.75, 3.05) is 20.2 Å². The first-order valence-electron chi connectivity index (χ1n) is 7.90. The molecule has 0 radical (unpaired) electrons. The fraction of sp³-hybridized carbons (Fsp3) is 0.500. The Kier molecular flexibility index (Phi) is 5.61. The van der Waals surface area contributed by atoms with Crippen molar-refractivity contribution in [3.05, 3.63) is 47.3 Å². The van der Waals surface area contributed by atoms with E-state index >= 15 is 0 Å². The van der Waals surface area contributed by atoms with Gasteiger partial charge in [-0.2, -0.15) is 5.10 Å². The fourth-order valence-electron chi connectivity index (χ4n) is 2.61. The Labute approximate surface area is 133 Å². The summed E-state index contributed by atoms with van der Waals surface area (Å²) < 4.78 is 7.87. The molecule has 0 saturated carbocycles. The molecule has 0 amide bonds. The van der Waals surface area contributed by atoms with Gasteiger partial charge in [0.25, 0.3) is 0 Å². The van der Waals surface area contributed by atoms with E-state index in [-0.39, 0.29) is 0 Å². The van der Waals surface area contributed by atoms with Crippen molar-refractivity contribution in [2.24, 2.45) is 0 Å². The summed E-state index contributed by atoms with van der Waals surface area (Å²) in [6.45, 7) is 11.1. The summed E-state index contributed by atoms with van der Waals surface area (Å²) in [5, 5.41) is 4.65. The lowest BCUT2D eigenvalue weighted by atomic mass is 10.2. The van der Waals surface area contributed by atoms with E-state index in [0.717, 1.165) is 24.5 Å². The van der Waals surface area contributed by atoms with Gasteiger partial charge in [0.2, 0.25) is 0 Å². The maximum atomic E-state index is 5.76. The van der Waals surface area contributed by atoms with Gasteiger partial charge in [-0.15, -0.1) is 0 Å². The predicted octanol–water partition coefficient (Wildman–Crippen LogP) is 3.59. The first-order valence-corrected chi connectivity index (χ1v) is 7.90. The molecular weight excluding hydrogens is 274 g/mol. The highest BCUT2D eigenvalue weighted by Crippen LogP contribution is 2.18. The highest BCUT2D eigenvalue weighted by Gasteiger charge is 2.14. The van der Waals surface area contributed by atoms with Gasteiger partial charge in [0, 0.05) is 30.4 Å². The van der Waals surface area contributed by atoms with Crippen LogP contribution in [0.2, 0.25) is 0 Å². The van der Waals surface area contributed by atoms with E-state index in [2.05, 4.69) is 49.4 Å². The van der Waals surface area contributed by atoms with E-state index in [1.807, 2.05) is 30.3 Å². The number of benzene rings is 1. The molecule has 2 aromatic rings. The number of likely N-dealkylation sites (N-methyl/N-ethyl adjacent to an activating group) is 1. The van der Waals surface area contributed by atoms with Crippen LogP contribution in [0.3, 0.4) is 0 Å². The maximum absolute atomic E-state index is 5.76. The Morgan fingerprint density at radius 2 is 1.86 bits per heavy atom. The summed E-state index contributed by atoms with van der Waals surface area (Å²) in [6.07, 6.45) is 0. The minimum atomic E-state index is 0.402. The summed E-state index contributed by atoms with van der Waals surface area (Å²) in [5.41, 5.74) is 3.72. The molecule has 22 heavy (non-hydrogen) atoms. The van der Waals surface area contributed by atoms with Crippen molar-refractivity contribution < 1.29 is 4.74 Å². The molecule has 4 nitrogen and oxygen atoms in total. The first kappa shape index (κ1) is 16.6. The number of aryl methyl sites for hydroxylation is 1. The van der Waals surface area contributed by atoms with Crippen LogP contribution < -0.4 is 4.74 Å². The smallest absolute Gasteiger partial charge is 0.119 e. The molecule has 0 N–H and O–H groups in total. The van der Waals surface area contributed by atoms with Crippen LogP contribution in [0.5, 0.6) is 5.75 Å². The van der Waals surface area contributed by atoms with E-state index in [1.165, 1.54) is 11.3 Å². The molecule has 0 spiro atoms. The van der Waals surface area contributed by atoms with Crippen molar-refractivity contribution >= 4 is 0 Å². The first-order chi connectivity index (χ1) is 10.5. The molecule has 0 atom stereocenters. The molecule has 0 saturated heterocycles. The van der Waals surface area contributed by atoms with Gasteiger partial charge in [0.15, 0.2) is 0 Å². The number of hydrogen-bond donors (Lipinski definition) is 0. The van der Waals surface area contributed by atoms with Gasteiger partial charge in [-0.3, -0.25) is 9.58 Å². The highest BCUT2D eigenvalue weighted by atomic mass is 16.5. The second kappa shape index (κ2) is 7.45. The van der Waals surface area contributed by atoms with Crippen LogP contribution in [-0.2, 0) is 6.54 Å². The maximum Gasteiger partial charge on any atom is 0.119 e. The van der Waals surface area contributed by atoms with Crippen LogP contribution in [-0.4, -0.2) is 34.9 Å². The van der Waals surface area contributed by atoms with Crippen molar-refractivity contribution in [1.82, 2.24) is 14.7 Å². The summed E-state index contributed by atoms with van der Waals surface area (Å²) in [6, 6.07) is 10.4. The summed E-state index contributed by atoms with van der Waals surface area (Å²) in [5.74, 6) is 0.927. The molecule has 120 valence electrons. The van der Waals surface area contributed by atoms with Crippen LogP contribution in [0.4, 0.5) is 0 Å². The SMILES string of the molecule is Cc1nn(C(C)C)c(C)c1CN(C)CCOc1ccccc1. The van der Waals surface area contributed by atoms with E-state index in [1.54, 1.807) is 0 Å². The van der Waals surface area contributed by atoms with Gasteiger partial charge in [-0.25, -0.2) is 0 Å². The lowest BCUT2D eigenvalue weighted by Crippen LogP contribution is -2.24. The number of rotatable bonds is 7. The molecule has 0 aliphatic carbocycles. The topological polar surface area (TPSA) is 30.3 Å². The van der Waals surface area contributed by atoms with E-state index in [4.69, 9.17) is 4.74 Å². The molecule has 0 fully saturated rings. The van der Waals surface area contributed by atoms with Crippen LogP contribution in [0.1, 0.15) is 36.8 Å². The van der Waals surface area contributed by atoms with E-state index in [9.17, 15) is 0 Å². The van der Waals surface area contributed by atoms with Crippen LogP contribution in [0.15, 0.2) is 30.3 Å². The quantitative estimate of drug-likeness (QED) is 0.783. The fourth-order valence-corrected chi connectivity index (χ4v) is 2.61. The minimum absolute atomic E-state index is 0.402. The molecule has 1 heterocycles. The van der Waals surface area contributed by atoms with Crippen molar-refractivity contribution in [3.8, 4) is 5.75 Å². The van der Waals surface area contributed by atoms with Crippen LogP contribution >= 0.6 is 0 Å². The lowest BCUT2D eigenvalue weighted by Gasteiger charge is -2.17. The largest absolute Gasteiger partial charge is 0.492 e. The third-order valence-electron chi connectivity index (χ3n) is 3.88. The zero-order valence-electron chi connectivity index (χ0n) is 14.3. The number of para-hydroxylation sites is 1. The number of hydrogen-bond acceptors (Lipinski definition) is 3. The molecule has 0 aliphatic rings. The monoisotopic (exact) mass is 301 g/mol. The Morgan fingerprint density at radius 1 is 1.18 bits per heavy atom. The standard InChI is InChI=1S/C18H27N3O/c1-14(2)21-16(4)18(15(3)19-21)13-20(5)11-12-22-17-9-7-6-8-10-17/h6-10,14H,11-13H2,1-5H3. The predicted molar refractivity (Wildman–Crippen MR) is 90.4 cm³/mol. The molecule has 0 bridgehead atoms. The minimum Gasteiger partial charge on any atom is -0.492 e. The molecule has 0 unspecified atom stereocenters. The van der Waals surface area contributed by atoms with Gasteiger partial charge < -0.3 is 4.74 Å². The lowest BCUT2D eigenvalue weighted by molar-refractivity contribution is 0.232. The zero-order chi connectivity index (χ0) is 16.1. The van der Waals surface area contributed by atoms with Crippen molar-refractivity contribution in [3.63, 3.8) is 0 Å². The highest BCUT2D eigenvalue weighted by molar-refractivity contribution is 5.25. The average molecular weight is 301 g/mol. The van der Waals surface area contributed by atoms with Gasteiger partial charge in [-0.1, -0.05) is 18.2 Å². The Bertz CT molecular complexity index is 590. The molecule has 4 heteroatoms.